The third-order valence-corrected chi connectivity index (χ3v) is 3.61. The number of rotatable bonds is 14. The van der Waals surface area contributed by atoms with E-state index in [1.165, 1.54) is 44.9 Å². The quantitative estimate of drug-likeness (QED) is 0.325. The van der Waals surface area contributed by atoms with Crippen molar-refractivity contribution in [3.05, 3.63) is 24.8 Å². The lowest BCUT2D eigenvalue weighted by Gasteiger charge is -2.09. The lowest BCUT2D eigenvalue weighted by molar-refractivity contribution is -0.141. The van der Waals surface area contributed by atoms with Crippen molar-refractivity contribution in [2.75, 3.05) is 0 Å². The molecule has 0 fully saturated rings. The average Bonchev–Trinajstić information content (AvgIpc) is 2.43. The summed E-state index contributed by atoms with van der Waals surface area (Å²) in [6, 6.07) is 0. The first kappa shape index (κ1) is 18.9. The van der Waals surface area contributed by atoms with E-state index in [2.05, 4.69) is 25.7 Å². The molecule has 116 valence electrons. The molecule has 0 radical (unpaired) electrons. The van der Waals surface area contributed by atoms with Crippen molar-refractivity contribution in [3.8, 4) is 0 Å². The Morgan fingerprint density at radius 2 is 1.65 bits per heavy atom. The third kappa shape index (κ3) is 12.0. The Kier molecular flexibility index (Phi) is 13.6. The van der Waals surface area contributed by atoms with Gasteiger partial charge in [0, 0.05) is 0 Å². The molecule has 0 spiro atoms. The molecule has 0 rings (SSSR count). The topological polar surface area (TPSA) is 37.3 Å². The molecule has 0 aromatic rings. The van der Waals surface area contributed by atoms with Gasteiger partial charge in [-0.25, -0.2) is 0 Å². The van der Waals surface area contributed by atoms with E-state index < -0.39 is 5.97 Å². The third-order valence-electron chi connectivity index (χ3n) is 3.61. The number of carbonyl (C=O) groups is 1. The Morgan fingerprint density at radius 3 is 2.20 bits per heavy atom. The summed E-state index contributed by atoms with van der Waals surface area (Å²) in [7, 11) is 0. The second-order valence-corrected chi connectivity index (χ2v) is 5.52. The van der Waals surface area contributed by atoms with Crippen LogP contribution in [0.3, 0.4) is 0 Å². The zero-order chi connectivity index (χ0) is 15.1. The minimum Gasteiger partial charge on any atom is -0.481 e. The van der Waals surface area contributed by atoms with Crippen LogP contribution in [0.2, 0.25) is 0 Å². The second-order valence-electron chi connectivity index (χ2n) is 5.52. The van der Waals surface area contributed by atoms with Crippen LogP contribution in [0.5, 0.6) is 0 Å². The van der Waals surface area contributed by atoms with Crippen LogP contribution in [-0.2, 0) is 4.79 Å². The van der Waals surface area contributed by atoms with Gasteiger partial charge in [-0.1, -0.05) is 57.3 Å². The lowest BCUT2D eigenvalue weighted by Crippen LogP contribution is -2.12. The number of allylic oxidation sites excluding steroid dienone is 3. The molecule has 0 aliphatic carbocycles. The summed E-state index contributed by atoms with van der Waals surface area (Å²) in [5.74, 6) is -0.911. The number of hydrogen-bond acceptors (Lipinski definition) is 1. The van der Waals surface area contributed by atoms with E-state index in [9.17, 15) is 4.79 Å². The maximum absolute atomic E-state index is 10.9. The molecule has 0 heterocycles. The molecule has 0 aromatic carbocycles. The van der Waals surface area contributed by atoms with Crippen LogP contribution in [0.25, 0.3) is 0 Å². The number of hydrogen-bond donors (Lipinski definition) is 1. The van der Waals surface area contributed by atoms with Crippen molar-refractivity contribution < 1.29 is 9.90 Å². The molecule has 1 N–H and O–H groups in total. The van der Waals surface area contributed by atoms with E-state index in [1.54, 1.807) is 6.08 Å². The fraction of sp³-hybridized carbons (Fsp3) is 0.722. The molecule has 20 heavy (non-hydrogen) atoms. The number of unbranched alkanes of at least 4 members (excludes halogenated alkanes) is 7. The zero-order valence-electron chi connectivity index (χ0n) is 13.2. The van der Waals surface area contributed by atoms with Crippen LogP contribution in [0.4, 0.5) is 0 Å². The SMILES string of the molecule is C=CCC(CCCCCC/C=C/CCCCC)C(=O)O. The molecule has 1 atom stereocenters. The van der Waals surface area contributed by atoms with Gasteiger partial charge >= 0.3 is 5.97 Å². The highest BCUT2D eigenvalue weighted by Crippen LogP contribution is 2.15. The first-order valence-corrected chi connectivity index (χ1v) is 8.21. The van der Waals surface area contributed by atoms with Gasteiger partial charge in [-0.2, -0.15) is 0 Å². The Labute approximate surface area is 125 Å². The van der Waals surface area contributed by atoms with Crippen molar-refractivity contribution in [2.24, 2.45) is 5.92 Å². The number of carboxylic acid groups (broad SMARTS) is 1. The van der Waals surface area contributed by atoms with Gasteiger partial charge in [-0.3, -0.25) is 4.79 Å². The van der Waals surface area contributed by atoms with E-state index in [4.69, 9.17) is 5.11 Å². The van der Waals surface area contributed by atoms with E-state index in [-0.39, 0.29) is 5.92 Å². The predicted octanol–water partition coefficient (Wildman–Crippen LogP) is 5.74. The largest absolute Gasteiger partial charge is 0.481 e. The average molecular weight is 280 g/mol. The van der Waals surface area contributed by atoms with Crippen molar-refractivity contribution in [3.63, 3.8) is 0 Å². The van der Waals surface area contributed by atoms with Crippen LogP contribution in [-0.4, -0.2) is 11.1 Å². The van der Waals surface area contributed by atoms with Crippen molar-refractivity contribution in [1.82, 2.24) is 0 Å². The summed E-state index contributed by atoms with van der Waals surface area (Å²) in [4.78, 5) is 10.9. The van der Waals surface area contributed by atoms with Gasteiger partial charge in [0.1, 0.15) is 0 Å². The normalized spacial score (nSPS) is 12.7. The minimum absolute atomic E-state index is 0.231. The van der Waals surface area contributed by atoms with E-state index in [1.807, 2.05) is 0 Å². The standard InChI is InChI=1S/C18H32O2/c1-3-5-6-7-8-9-10-11-12-13-14-16-17(15-4-2)18(19)20/h4,8-9,17H,2-3,5-7,10-16H2,1H3,(H,19,20)/b9-8+. The maximum Gasteiger partial charge on any atom is 0.306 e. The molecule has 0 amide bonds. The summed E-state index contributed by atoms with van der Waals surface area (Å²) < 4.78 is 0. The van der Waals surface area contributed by atoms with Gasteiger partial charge in [-0.05, 0) is 38.5 Å². The molecule has 0 bridgehead atoms. The van der Waals surface area contributed by atoms with Crippen LogP contribution in [0.15, 0.2) is 24.8 Å². The highest BCUT2D eigenvalue weighted by atomic mass is 16.4. The molecule has 0 saturated heterocycles. The van der Waals surface area contributed by atoms with E-state index in [0.29, 0.717) is 6.42 Å². The number of aliphatic carboxylic acids is 1. The fourth-order valence-electron chi connectivity index (χ4n) is 2.30. The molecule has 2 heteroatoms. The maximum atomic E-state index is 10.9. The van der Waals surface area contributed by atoms with Crippen LogP contribution in [0.1, 0.15) is 77.6 Å². The first-order chi connectivity index (χ1) is 9.72. The van der Waals surface area contributed by atoms with E-state index in [0.717, 1.165) is 19.3 Å². The van der Waals surface area contributed by atoms with Gasteiger partial charge in [0.2, 0.25) is 0 Å². The van der Waals surface area contributed by atoms with Crippen LogP contribution < -0.4 is 0 Å². The van der Waals surface area contributed by atoms with Crippen molar-refractivity contribution >= 4 is 5.97 Å². The summed E-state index contributed by atoms with van der Waals surface area (Å²) >= 11 is 0. The molecule has 0 aliphatic heterocycles. The van der Waals surface area contributed by atoms with Gasteiger partial charge in [0.25, 0.3) is 0 Å². The molecular weight excluding hydrogens is 248 g/mol. The zero-order valence-corrected chi connectivity index (χ0v) is 13.2. The fourth-order valence-corrected chi connectivity index (χ4v) is 2.30. The smallest absolute Gasteiger partial charge is 0.306 e. The molecule has 0 aliphatic rings. The van der Waals surface area contributed by atoms with Gasteiger partial charge in [-0.15, -0.1) is 6.58 Å². The molecular formula is C18H32O2. The minimum atomic E-state index is -0.681. The summed E-state index contributed by atoms with van der Waals surface area (Å²) in [6.45, 7) is 5.85. The lowest BCUT2D eigenvalue weighted by atomic mass is 9.97. The Morgan fingerprint density at radius 1 is 1.05 bits per heavy atom. The van der Waals surface area contributed by atoms with Gasteiger partial charge in [0.05, 0.1) is 5.92 Å². The molecule has 1 unspecified atom stereocenters. The predicted molar refractivity (Wildman–Crippen MR) is 86.9 cm³/mol. The summed E-state index contributed by atoms with van der Waals surface area (Å²) in [5.41, 5.74) is 0. The van der Waals surface area contributed by atoms with Gasteiger partial charge < -0.3 is 5.11 Å². The second kappa shape index (κ2) is 14.4. The summed E-state index contributed by atoms with van der Waals surface area (Å²) in [5, 5.41) is 9.01. The summed E-state index contributed by atoms with van der Waals surface area (Å²) in [6.07, 6.45) is 18.6. The first-order valence-electron chi connectivity index (χ1n) is 8.21. The Bertz CT molecular complexity index is 269. The van der Waals surface area contributed by atoms with Crippen molar-refractivity contribution in [1.29, 1.82) is 0 Å². The number of carboxylic acids is 1. The van der Waals surface area contributed by atoms with E-state index >= 15 is 0 Å². The Hall–Kier alpha value is -1.05. The highest BCUT2D eigenvalue weighted by Gasteiger charge is 2.14. The van der Waals surface area contributed by atoms with Gasteiger partial charge in [0.15, 0.2) is 0 Å². The molecule has 2 nitrogen and oxygen atoms in total. The molecule has 0 saturated carbocycles. The Balaban J connectivity index is 3.39. The van der Waals surface area contributed by atoms with Crippen LogP contribution in [0, 0.1) is 5.92 Å². The highest BCUT2D eigenvalue weighted by molar-refractivity contribution is 5.70. The monoisotopic (exact) mass is 280 g/mol. The van der Waals surface area contributed by atoms with Crippen LogP contribution >= 0.6 is 0 Å². The molecule has 0 aromatic heterocycles. The van der Waals surface area contributed by atoms with Crippen molar-refractivity contribution in [2.45, 2.75) is 77.6 Å².